The van der Waals surface area contributed by atoms with Gasteiger partial charge in [0.15, 0.2) is 0 Å². The number of nitrogens with one attached hydrogen (secondary N) is 1. The maximum atomic E-state index is 14.0. The first kappa shape index (κ1) is 23.7. The minimum atomic E-state index is -2.46. The number of ether oxygens (including phenoxy) is 3. The number of nitrogens with zero attached hydrogens (tertiary/aromatic N) is 3. The van der Waals surface area contributed by atoms with Crippen molar-refractivity contribution in [3.05, 3.63) is 42.5 Å². The highest BCUT2D eigenvalue weighted by molar-refractivity contribution is 7.93. The molecule has 0 amide bonds. The number of fused-ring (bicyclic) bond motifs is 1. The minimum Gasteiger partial charge on any atom is -0.496 e. The maximum Gasteiger partial charge on any atom is 0.146 e. The fourth-order valence-corrected chi connectivity index (χ4v) is 6.39. The van der Waals surface area contributed by atoms with E-state index < -0.39 is 21.7 Å². The molecule has 0 aliphatic carbocycles. The first-order valence-corrected chi connectivity index (χ1v) is 13.3. The van der Waals surface area contributed by atoms with E-state index in [1.54, 1.807) is 18.2 Å². The first-order chi connectivity index (χ1) is 16.9. The molecule has 0 spiro atoms. The van der Waals surface area contributed by atoms with Gasteiger partial charge in [-0.1, -0.05) is 0 Å². The number of anilines is 2. The lowest BCUT2D eigenvalue weighted by Crippen LogP contribution is -2.26. The van der Waals surface area contributed by atoms with Crippen molar-refractivity contribution in [2.75, 3.05) is 37.1 Å². The van der Waals surface area contributed by atoms with E-state index in [9.17, 15) is 13.7 Å². The van der Waals surface area contributed by atoms with Gasteiger partial charge in [-0.2, -0.15) is 4.36 Å². The molecule has 2 aromatic carbocycles. The molecule has 1 atom stereocenters. The van der Waals surface area contributed by atoms with E-state index >= 15 is 0 Å². The molecule has 0 radical (unpaired) electrons. The molecule has 0 bridgehead atoms. The molecule has 2 N–H and O–H groups in total. The molecule has 35 heavy (non-hydrogen) atoms. The zero-order valence-electron chi connectivity index (χ0n) is 19.3. The van der Waals surface area contributed by atoms with Crippen molar-refractivity contribution in [3.8, 4) is 11.5 Å². The Bertz CT molecular complexity index is 1340. The number of aliphatic hydroxyl groups excluding tert-OH is 1. The van der Waals surface area contributed by atoms with Crippen LogP contribution in [0.5, 0.6) is 11.5 Å². The molecular weight excluding hydrogens is 475 g/mol. The quantitative estimate of drug-likeness (QED) is 0.521. The maximum absolute atomic E-state index is 14.0. The highest BCUT2D eigenvalue weighted by Gasteiger charge is 2.22. The van der Waals surface area contributed by atoms with Crippen LogP contribution in [0.15, 0.2) is 41.0 Å². The summed E-state index contributed by atoms with van der Waals surface area (Å²) < 4.78 is 48.6. The zero-order chi connectivity index (χ0) is 24.4. The molecule has 1 unspecified atom stereocenters. The fourth-order valence-electron chi connectivity index (χ4n) is 4.23. The Labute approximate surface area is 202 Å². The van der Waals surface area contributed by atoms with Crippen LogP contribution >= 0.6 is 0 Å². The van der Waals surface area contributed by atoms with Gasteiger partial charge in [0, 0.05) is 30.1 Å². The summed E-state index contributed by atoms with van der Waals surface area (Å²) >= 11 is 0. The topological polar surface area (TPSA) is 115 Å². The lowest BCUT2D eigenvalue weighted by Gasteiger charge is -2.20. The second kappa shape index (κ2) is 9.92. The molecule has 11 heteroatoms. The Morgan fingerprint density at radius 1 is 1.17 bits per heavy atom. The molecule has 2 saturated heterocycles. The number of aromatic nitrogens is 2. The van der Waals surface area contributed by atoms with Gasteiger partial charge < -0.3 is 24.6 Å². The van der Waals surface area contributed by atoms with Crippen molar-refractivity contribution in [1.29, 1.82) is 0 Å². The Kier molecular flexibility index (Phi) is 6.72. The van der Waals surface area contributed by atoms with Gasteiger partial charge in [0.25, 0.3) is 0 Å². The third-order valence-corrected chi connectivity index (χ3v) is 8.39. The molecule has 1 aromatic heterocycles. The number of methoxy groups -OCH3 is 1. The third kappa shape index (κ3) is 5.31. The summed E-state index contributed by atoms with van der Waals surface area (Å²) in [5, 5.41) is 13.6. The summed E-state index contributed by atoms with van der Waals surface area (Å²) in [6.45, 7) is 1.06. The fraction of sp³-hybridized carbons (Fsp3) is 0.417. The standard InChI is InChI=1S/C24H27FN4O5S/c1-32-22-12-16(29-35(31)8-5-17(30)6-9-35)11-20-23(22)24(27-14-26-20)28-19-3-2-15(25)10-21(19)34-18-4-7-33-13-18/h2-3,10-12,14,17-18,30H,4-9,13H2,1H3,(H,26,27,28). The number of benzene rings is 2. The number of rotatable bonds is 6. The van der Waals surface area contributed by atoms with Gasteiger partial charge in [0.2, 0.25) is 0 Å². The molecule has 186 valence electrons. The number of hydrogen-bond donors (Lipinski definition) is 2. The van der Waals surface area contributed by atoms with Gasteiger partial charge in [-0.15, -0.1) is 0 Å². The molecular formula is C24H27FN4O5S. The second-order valence-corrected chi connectivity index (χ2v) is 11.2. The lowest BCUT2D eigenvalue weighted by molar-refractivity contribution is 0.141. The van der Waals surface area contributed by atoms with Crippen LogP contribution in [0.2, 0.25) is 0 Å². The van der Waals surface area contributed by atoms with Crippen molar-refractivity contribution in [2.24, 2.45) is 4.36 Å². The van der Waals surface area contributed by atoms with Crippen LogP contribution in [0, 0.1) is 5.82 Å². The van der Waals surface area contributed by atoms with Crippen molar-refractivity contribution >= 4 is 37.8 Å². The van der Waals surface area contributed by atoms with Crippen LogP contribution in [0.25, 0.3) is 10.9 Å². The summed E-state index contributed by atoms with van der Waals surface area (Å²) in [4.78, 5) is 8.75. The predicted octanol–water partition coefficient (Wildman–Crippen LogP) is 3.94. The average molecular weight is 503 g/mol. The highest BCUT2D eigenvalue weighted by atomic mass is 32.2. The van der Waals surface area contributed by atoms with Crippen LogP contribution in [0.3, 0.4) is 0 Å². The van der Waals surface area contributed by atoms with Gasteiger partial charge in [0.05, 0.1) is 58.4 Å². The SMILES string of the molecule is COc1cc(N=S2(=O)CCC(O)CC2)cc2ncnc(Nc3ccc(F)cc3OC3CCOC3)c12. The normalized spacial score (nSPS) is 24.3. The van der Waals surface area contributed by atoms with E-state index in [4.69, 9.17) is 14.2 Å². The first-order valence-electron chi connectivity index (χ1n) is 11.5. The summed E-state index contributed by atoms with van der Waals surface area (Å²) in [5.74, 6) is 1.55. The van der Waals surface area contributed by atoms with Crippen LogP contribution in [0.4, 0.5) is 21.6 Å². The Balaban J connectivity index is 1.51. The van der Waals surface area contributed by atoms with E-state index in [1.807, 2.05) is 0 Å². The van der Waals surface area contributed by atoms with Crippen LogP contribution in [0.1, 0.15) is 19.3 Å². The van der Waals surface area contributed by atoms with E-state index in [2.05, 4.69) is 19.6 Å². The van der Waals surface area contributed by atoms with Gasteiger partial charge in [-0.3, -0.25) is 0 Å². The molecule has 2 aliphatic rings. The number of aliphatic hydroxyl groups is 1. The van der Waals surface area contributed by atoms with Gasteiger partial charge in [-0.05, 0) is 31.0 Å². The van der Waals surface area contributed by atoms with E-state index in [0.717, 1.165) is 6.42 Å². The summed E-state index contributed by atoms with van der Waals surface area (Å²) in [6.07, 6.45) is 2.50. The zero-order valence-corrected chi connectivity index (χ0v) is 20.1. The van der Waals surface area contributed by atoms with Crippen LogP contribution in [-0.4, -0.2) is 63.3 Å². The summed E-state index contributed by atoms with van der Waals surface area (Å²) in [7, 11) is -0.935. The average Bonchev–Trinajstić information content (AvgIpc) is 3.35. The van der Waals surface area contributed by atoms with Crippen molar-refractivity contribution < 1.29 is 27.9 Å². The third-order valence-electron chi connectivity index (χ3n) is 6.10. The van der Waals surface area contributed by atoms with E-state index in [1.165, 1.54) is 25.6 Å². The van der Waals surface area contributed by atoms with E-state index in [0.29, 0.717) is 77.2 Å². The molecule has 3 heterocycles. The minimum absolute atomic E-state index is 0.152. The summed E-state index contributed by atoms with van der Waals surface area (Å²) in [6, 6.07) is 7.70. The van der Waals surface area contributed by atoms with E-state index in [-0.39, 0.29) is 6.10 Å². The number of halogens is 1. The molecule has 5 rings (SSSR count). The Hall–Kier alpha value is -3.02. The predicted molar refractivity (Wildman–Crippen MR) is 131 cm³/mol. The van der Waals surface area contributed by atoms with Crippen molar-refractivity contribution in [1.82, 2.24) is 9.97 Å². The molecule has 0 saturated carbocycles. The monoisotopic (exact) mass is 502 g/mol. The smallest absolute Gasteiger partial charge is 0.146 e. The largest absolute Gasteiger partial charge is 0.496 e. The van der Waals surface area contributed by atoms with Crippen LogP contribution < -0.4 is 14.8 Å². The van der Waals surface area contributed by atoms with Gasteiger partial charge in [-0.25, -0.2) is 18.6 Å². The highest BCUT2D eigenvalue weighted by Crippen LogP contribution is 2.38. The van der Waals surface area contributed by atoms with Crippen molar-refractivity contribution in [3.63, 3.8) is 0 Å². The number of hydrogen-bond acceptors (Lipinski definition) is 9. The van der Waals surface area contributed by atoms with Crippen molar-refractivity contribution in [2.45, 2.75) is 31.5 Å². The Morgan fingerprint density at radius 3 is 2.74 bits per heavy atom. The lowest BCUT2D eigenvalue weighted by atomic mass is 10.2. The summed E-state index contributed by atoms with van der Waals surface area (Å²) in [5.41, 5.74) is 1.58. The molecule has 2 fully saturated rings. The molecule has 9 nitrogen and oxygen atoms in total. The Morgan fingerprint density at radius 2 is 2.00 bits per heavy atom. The molecule has 3 aromatic rings. The van der Waals surface area contributed by atoms with Gasteiger partial charge in [0.1, 0.15) is 35.6 Å². The second-order valence-electron chi connectivity index (χ2n) is 8.64. The molecule has 2 aliphatic heterocycles. The van der Waals surface area contributed by atoms with Crippen LogP contribution in [-0.2, 0) is 14.5 Å². The van der Waals surface area contributed by atoms with Gasteiger partial charge >= 0.3 is 0 Å².